The fourth-order valence-corrected chi connectivity index (χ4v) is 4.60. The van der Waals surface area contributed by atoms with Gasteiger partial charge in [0.2, 0.25) is 5.13 Å². The van der Waals surface area contributed by atoms with Crippen LogP contribution in [0.2, 0.25) is 0 Å². The van der Waals surface area contributed by atoms with Crippen molar-refractivity contribution in [3.05, 3.63) is 17.0 Å². The number of hydrogen-bond acceptors (Lipinski definition) is 6. The number of unbranched alkanes of at least 4 members (excludes halogenated alkanes) is 2. The number of hydrogen-bond donors (Lipinski definition) is 1. The number of aryl methyl sites for hydroxylation is 3. The van der Waals surface area contributed by atoms with E-state index < -0.39 is 10.0 Å². The van der Waals surface area contributed by atoms with Gasteiger partial charge in [0.15, 0.2) is 5.03 Å². The Balaban J connectivity index is 1.70. The van der Waals surface area contributed by atoms with Crippen LogP contribution in [0.15, 0.2) is 11.2 Å². The zero-order valence-corrected chi connectivity index (χ0v) is 14.8. The van der Waals surface area contributed by atoms with Crippen LogP contribution in [0, 0.1) is 0 Å². The molecule has 1 N–H and O–H groups in total. The van der Waals surface area contributed by atoms with E-state index in [4.69, 9.17) is 0 Å². The van der Waals surface area contributed by atoms with Crippen molar-refractivity contribution in [1.29, 1.82) is 0 Å². The largest absolute Gasteiger partial charge is 0.333 e. The minimum atomic E-state index is -3.69. The molecular formula is C14H21N5O2S2. The Kier molecular flexibility index (Phi) is 4.96. The molecule has 3 rings (SSSR count). The molecule has 3 heterocycles. The van der Waals surface area contributed by atoms with E-state index >= 15 is 0 Å². The van der Waals surface area contributed by atoms with Crippen molar-refractivity contribution < 1.29 is 8.42 Å². The average molecular weight is 355 g/mol. The average Bonchev–Trinajstić information content (AvgIpc) is 3.14. The van der Waals surface area contributed by atoms with E-state index in [2.05, 4.69) is 26.8 Å². The minimum Gasteiger partial charge on any atom is -0.333 e. The molecule has 0 fully saturated rings. The molecule has 126 valence electrons. The van der Waals surface area contributed by atoms with E-state index in [1.807, 2.05) is 4.57 Å². The van der Waals surface area contributed by atoms with Crippen molar-refractivity contribution in [3.8, 4) is 0 Å². The molecule has 0 aliphatic carbocycles. The highest BCUT2D eigenvalue weighted by Gasteiger charge is 2.23. The highest BCUT2D eigenvalue weighted by molar-refractivity contribution is 7.92. The van der Waals surface area contributed by atoms with Crippen LogP contribution in [0.25, 0.3) is 0 Å². The lowest BCUT2D eigenvalue weighted by molar-refractivity contribution is 0.522. The summed E-state index contributed by atoms with van der Waals surface area (Å²) in [5.74, 6) is 0.842. The van der Waals surface area contributed by atoms with Crippen molar-refractivity contribution in [2.45, 2.75) is 63.4 Å². The Morgan fingerprint density at radius 2 is 2.17 bits per heavy atom. The van der Waals surface area contributed by atoms with Gasteiger partial charge in [0.1, 0.15) is 10.8 Å². The summed E-state index contributed by atoms with van der Waals surface area (Å²) >= 11 is 1.29. The Bertz CT molecular complexity index is 742. The zero-order chi connectivity index (χ0) is 16.3. The van der Waals surface area contributed by atoms with Crippen molar-refractivity contribution in [2.75, 3.05) is 4.72 Å². The summed E-state index contributed by atoms with van der Waals surface area (Å²) in [5.41, 5.74) is 0. The van der Waals surface area contributed by atoms with Crippen LogP contribution in [-0.4, -0.2) is 28.2 Å². The number of imidazole rings is 1. The zero-order valence-electron chi connectivity index (χ0n) is 13.2. The van der Waals surface area contributed by atoms with Crippen LogP contribution in [0.3, 0.4) is 0 Å². The first-order chi connectivity index (χ1) is 11.1. The monoisotopic (exact) mass is 355 g/mol. The molecule has 7 nitrogen and oxygen atoms in total. The van der Waals surface area contributed by atoms with Crippen LogP contribution in [0.1, 0.15) is 49.9 Å². The number of fused-ring (bicyclic) bond motifs is 1. The van der Waals surface area contributed by atoms with E-state index in [0.717, 1.165) is 62.3 Å². The van der Waals surface area contributed by atoms with Gasteiger partial charge in [0.25, 0.3) is 10.0 Å². The topological polar surface area (TPSA) is 89.8 Å². The van der Waals surface area contributed by atoms with Gasteiger partial charge in [-0.15, -0.1) is 10.2 Å². The number of aromatic nitrogens is 4. The molecule has 1 aliphatic heterocycles. The predicted octanol–water partition coefficient (Wildman–Crippen LogP) is 2.60. The van der Waals surface area contributed by atoms with Crippen LogP contribution < -0.4 is 4.72 Å². The molecule has 0 aromatic carbocycles. The molecule has 2 aromatic heterocycles. The molecule has 23 heavy (non-hydrogen) atoms. The Morgan fingerprint density at radius 1 is 1.30 bits per heavy atom. The Morgan fingerprint density at radius 3 is 2.96 bits per heavy atom. The fraction of sp³-hybridized carbons (Fsp3) is 0.643. The third-order valence-corrected chi connectivity index (χ3v) is 6.08. The Hall–Kier alpha value is -1.48. The predicted molar refractivity (Wildman–Crippen MR) is 89.1 cm³/mol. The third kappa shape index (κ3) is 3.89. The number of sulfonamides is 1. The van der Waals surface area contributed by atoms with Crippen molar-refractivity contribution in [2.24, 2.45) is 0 Å². The number of anilines is 1. The summed E-state index contributed by atoms with van der Waals surface area (Å²) < 4.78 is 29.3. The van der Waals surface area contributed by atoms with Crippen molar-refractivity contribution >= 4 is 26.5 Å². The molecule has 0 atom stereocenters. The van der Waals surface area contributed by atoms with Gasteiger partial charge in [-0.2, -0.15) is 8.42 Å². The van der Waals surface area contributed by atoms with Gasteiger partial charge < -0.3 is 4.57 Å². The summed E-state index contributed by atoms with van der Waals surface area (Å²) in [6.45, 7) is 2.97. The fourth-order valence-electron chi connectivity index (χ4n) is 2.61. The van der Waals surface area contributed by atoms with E-state index in [1.165, 1.54) is 11.3 Å². The van der Waals surface area contributed by atoms with E-state index in [1.54, 1.807) is 6.20 Å². The van der Waals surface area contributed by atoms with Crippen LogP contribution in [-0.2, 0) is 29.4 Å². The van der Waals surface area contributed by atoms with Gasteiger partial charge in [-0.25, -0.2) is 4.98 Å². The van der Waals surface area contributed by atoms with Gasteiger partial charge >= 0.3 is 0 Å². The second-order valence-corrected chi connectivity index (χ2v) is 8.40. The van der Waals surface area contributed by atoms with Gasteiger partial charge in [-0.05, 0) is 19.3 Å². The molecule has 0 bridgehead atoms. The number of nitrogens with one attached hydrogen (secondary N) is 1. The Labute approximate surface area is 140 Å². The first-order valence-electron chi connectivity index (χ1n) is 8.00. The van der Waals surface area contributed by atoms with E-state index in [0.29, 0.717) is 5.13 Å². The molecule has 0 saturated carbocycles. The summed E-state index contributed by atoms with van der Waals surface area (Å²) in [6.07, 6.45) is 8.73. The SMILES string of the molecule is CCCCCc1nnc(NS(=O)(=O)c2cn3c(n2)CCCC3)s1. The standard InChI is InChI=1S/C14H21N5O2S2/c1-2-3-4-8-12-16-17-14(22-12)18-23(20,21)13-10-19-9-6-5-7-11(19)15-13/h10H,2-9H2,1H3,(H,17,18). The van der Waals surface area contributed by atoms with Gasteiger partial charge in [-0.3, -0.25) is 4.72 Å². The normalized spacial score (nSPS) is 14.7. The second-order valence-electron chi connectivity index (χ2n) is 5.71. The lowest BCUT2D eigenvalue weighted by Crippen LogP contribution is -2.13. The highest BCUT2D eigenvalue weighted by atomic mass is 32.2. The number of rotatable bonds is 7. The molecule has 9 heteroatoms. The maximum absolute atomic E-state index is 12.4. The smallest absolute Gasteiger partial charge is 0.282 e. The quantitative estimate of drug-likeness (QED) is 0.771. The van der Waals surface area contributed by atoms with E-state index in [9.17, 15) is 8.42 Å². The van der Waals surface area contributed by atoms with Crippen molar-refractivity contribution in [3.63, 3.8) is 0 Å². The summed E-state index contributed by atoms with van der Waals surface area (Å²) in [5, 5.41) is 9.21. The highest BCUT2D eigenvalue weighted by Crippen LogP contribution is 2.22. The van der Waals surface area contributed by atoms with Crippen LogP contribution in [0.5, 0.6) is 0 Å². The summed E-state index contributed by atoms with van der Waals surface area (Å²) in [6, 6.07) is 0. The lowest BCUT2D eigenvalue weighted by Gasteiger charge is -2.11. The summed E-state index contributed by atoms with van der Waals surface area (Å²) in [7, 11) is -3.69. The third-order valence-electron chi connectivity index (χ3n) is 3.84. The molecule has 1 aliphatic rings. The summed E-state index contributed by atoms with van der Waals surface area (Å²) in [4.78, 5) is 4.26. The maximum Gasteiger partial charge on any atom is 0.282 e. The van der Waals surface area contributed by atoms with E-state index in [-0.39, 0.29) is 5.03 Å². The minimum absolute atomic E-state index is 0.0668. The lowest BCUT2D eigenvalue weighted by atomic mass is 10.2. The second kappa shape index (κ2) is 6.96. The first-order valence-corrected chi connectivity index (χ1v) is 10.3. The van der Waals surface area contributed by atoms with Gasteiger partial charge in [0, 0.05) is 25.6 Å². The molecular weight excluding hydrogens is 334 g/mol. The van der Waals surface area contributed by atoms with Crippen molar-refractivity contribution in [1.82, 2.24) is 19.7 Å². The van der Waals surface area contributed by atoms with Gasteiger partial charge in [-0.1, -0.05) is 31.1 Å². The molecule has 0 radical (unpaired) electrons. The van der Waals surface area contributed by atoms with Crippen LogP contribution in [0.4, 0.5) is 5.13 Å². The van der Waals surface area contributed by atoms with Gasteiger partial charge in [0.05, 0.1) is 0 Å². The molecule has 0 saturated heterocycles. The molecule has 0 amide bonds. The number of nitrogens with zero attached hydrogens (tertiary/aromatic N) is 4. The molecule has 0 unspecified atom stereocenters. The first kappa shape index (κ1) is 16.4. The molecule has 0 spiro atoms. The maximum atomic E-state index is 12.4. The van der Waals surface area contributed by atoms with Crippen LogP contribution >= 0.6 is 11.3 Å². The molecule has 2 aromatic rings.